The zero-order chi connectivity index (χ0) is 22.7. The first-order valence-corrected chi connectivity index (χ1v) is 10.5. The molecule has 31 heavy (non-hydrogen) atoms. The molecule has 2 aromatic carbocycles. The molecule has 0 saturated carbocycles. The lowest BCUT2D eigenvalue weighted by Crippen LogP contribution is -2.20. The van der Waals surface area contributed by atoms with Gasteiger partial charge in [0.25, 0.3) is 5.69 Å². The lowest BCUT2D eigenvalue weighted by molar-refractivity contribution is -0.384. The summed E-state index contributed by atoms with van der Waals surface area (Å²) >= 11 is 3.28. The molecule has 0 aliphatic heterocycles. The lowest BCUT2D eigenvalue weighted by Gasteiger charge is -2.10. The second-order valence-corrected chi connectivity index (χ2v) is 8.37. The van der Waals surface area contributed by atoms with E-state index in [9.17, 15) is 14.9 Å². The van der Waals surface area contributed by atoms with Crippen molar-refractivity contribution in [3.05, 3.63) is 90.7 Å². The van der Waals surface area contributed by atoms with Crippen molar-refractivity contribution in [3.63, 3.8) is 0 Å². The molecule has 0 saturated heterocycles. The minimum Gasteiger partial charge on any atom is -0.312 e. The summed E-state index contributed by atoms with van der Waals surface area (Å²) in [6.45, 7) is 7.72. The maximum atomic E-state index is 12.3. The van der Waals surface area contributed by atoms with Gasteiger partial charge in [-0.15, -0.1) is 0 Å². The van der Waals surface area contributed by atoms with Crippen LogP contribution >= 0.6 is 15.9 Å². The van der Waals surface area contributed by atoms with E-state index in [0.29, 0.717) is 10.2 Å². The minimum absolute atomic E-state index is 0.00133. The number of aryl methyl sites for hydroxylation is 3. The van der Waals surface area contributed by atoms with Gasteiger partial charge >= 0.3 is 0 Å². The molecule has 0 bridgehead atoms. The van der Waals surface area contributed by atoms with E-state index in [1.807, 2.05) is 56.5 Å². The largest absolute Gasteiger partial charge is 0.312 e. The summed E-state index contributed by atoms with van der Waals surface area (Å²) < 4.78 is 2.45. The second kappa shape index (κ2) is 9.26. The highest BCUT2D eigenvalue weighted by Crippen LogP contribution is 2.30. The summed E-state index contributed by atoms with van der Waals surface area (Å²) in [5.41, 5.74) is 8.59. The number of hydrogen-bond donors (Lipinski definition) is 1. The number of nitrogens with zero attached hydrogens (tertiary/aromatic N) is 3. The predicted molar refractivity (Wildman–Crippen MR) is 125 cm³/mol. The van der Waals surface area contributed by atoms with Crippen LogP contribution in [0.4, 0.5) is 5.69 Å². The first kappa shape index (κ1) is 22.4. The number of rotatable bonds is 6. The minimum atomic E-state index is -0.403. The topological polar surface area (TPSA) is 89.5 Å². The number of hydrazone groups is 1. The van der Waals surface area contributed by atoms with Crippen molar-refractivity contribution >= 4 is 33.7 Å². The van der Waals surface area contributed by atoms with Gasteiger partial charge in [0.2, 0.25) is 5.91 Å². The van der Waals surface area contributed by atoms with Crippen LogP contribution in [0.2, 0.25) is 0 Å². The van der Waals surface area contributed by atoms with Crippen LogP contribution in [0.15, 0.2) is 52.0 Å². The lowest BCUT2D eigenvalue weighted by atomic mass is 10.0. The highest BCUT2D eigenvalue weighted by molar-refractivity contribution is 9.10. The summed E-state index contributed by atoms with van der Waals surface area (Å²) in [5.74, 6) is -0.208. The zero-order valence-electron chi connectivity index (χ0n) is 17.8. The molecule has 8 heteroatoms. The quantitative estimate of drug-likeness (QED) is 0.302. The third kappa shape index (κ3) is 5.08. The Balaban J connectivity index is 1.79. The standard InChI is InChI=1S/C23H23BrN4O3/c1-14-5-6-18(15(2)9-14)11-23(29)26-25-13-19-10-16(3)27(17(19)4)21-8-7-20(24)12-22(21)28(30)31/h5-10,12-13H,11H2,1-4H3,(H,26,29)/b25-13-. The second-order valence-electron chi connectivity index (χ2n) is 7.45. The van der Waals surface area contributed by atoms with Gasteiger partial charge in [-0.1, -0.05) is 39.7 Å². The molecule has 160 valence electrons. The highest BCUT2D eigenvalue weighted by Gasteiger charge is 2.19. The van der Waals surface area contributed by atoms with Crippen LogP contribution in [0, 0.1) is 37.8 Å². The van der Waals surface area contributed by atoms with Crippen LogP contribution < -0.4 is 5.43 Å². The smallest absolute Gasteiger partial charge is 0.294 e. The highest BCUT2D eigenvalue weighted by atomic mass is 79.9. The number of carbonyl (C=O) groups is 1. The van der Waals surface area contributed by atoms with E-state index < -0.39 is 4.92 Å². The Hall–Kier alpha value is -3.26. The van der Waals surface area contributed by atoms with Crippen molar-refractivity contribution in [2.24, 2.45) is 5.10 Å². The molecule has 7 nitrogen and oxygen atoms in total. The van der Waals surface area contributed by atoms with Gasteiger partial charge in [0, 0.05) is 27.5 Å². The van der Waals surface area contributed by atoms with Crippen molar-refractivity contribution in [2.75, 3.05) is 0 Å². The van der Waals surface area contributed by atoms with Crippen LogP contribution in [0.1, 0.15) is 33.6 Å². The summed E-state index contributed by atoms with van der Waals surface area (Å²) in [7, 11) is 0. The fourth-order valence-electron chi connectivity index (χ4n) is 3.55. The van der Waals surface area contributed by atoms with Gasteiger partial charge in [0.05, 0.1) is 17.6 Å². The van der Waals surface area contributed by atoms with Gasteiger partial charge in [-0.3, -0.25) is 14.9 Å². The third-order valence-electron chi connectivity index (χ3n) is 5.09. The molecule has 1 heterocycles. The zero-order valence-corrected chi connectivity index (χ0v) is 19.4. The number of benzene rings is 2. The fourth-order valence-corrected chi connectivity index (χ4v) is 3.90. The number of nitrogens with one attached hydrogen (secondary N) is 1. The Bertz CT molecular complexity index is 1200. The molecule has 0 aliphatic rings. The average Bonchev–Trinajstić information content (AvgIpc) is 2.97. The number of nitro benzene ring substituents is 1. The Morgan fingerprint density at radius 2 is 1.90 bits per heavy atom. The van der Waals surface area contributed by atoms with Crippen molar-refractivity contribution in [1.29, 1.82) is 0 Å². The summed E-state index contributed by atoms with van der Waals surface area (Å²) in [5, 5.41) is 15.6. The van der Waals surface area contributed by atoms with Gasteiger partial charge in [0.15, 0.2) is 0 Å². The van der Waals surface area contributed by atoms with E-state index in [1.54, 1.807) is 18.3 Å². The Labute approximate surface area is 189 Å². The molecule has 3 aromatic rings. The van der Waals surface area contributed by atoms with Gasteiger partial charge in [-0.2, -0.15) is 5.10 Å². The summed E-state index contributed by atoms with van der Waals surface area (Å²) in [6, 6.07) is 12.8. The average molecular weight is 483 g/mol. The molecule has 0 radical (unpaired) electrons. The monoisotopic (exact) mass is 482 g/mol. The SMILES string of the molecule is Cc1ccc(CC(=O)N/N=C\c2cc(C)n(-c3ccc(Br)cc3[N+](=O)[O-])c2C)c(C)c1. The van der Waals surface area contributed by atoms with Crippen molar-refractivity contribution < 1.29 is 9.72 Å². The van der Waals surface area contributed by atoms with Gasteiger partial charge in [-0.05, 0) is 57.0 Å². The first-order chi connectivity index (χ1) is 14.7. The molecule has 1 amide bonds. The van der Waals surface area contributed by atoms with Crippen LogP contribution in [-0.2, 0) is 11.2 Å². The van der Waals surface area contributed by atoms with Crippen LogP contribution in [0.5, 0.6) is 0 Å². The molecule has 3 rings (SSSR count). The number of aromatic nitrogens is 1. The first-order valence-electron chi connectivity index (χ1n) is 9.68. The van der Waals surface area contributed by atoms with E-state index in [4.69, 9.17) is 0 Å². The molecule has 0 atom stereocenters. The van der Waals surface area contributed by atoms with E-state index >= 15 is 0 Å². The molecule has 1 aromatic heterocycles. The van der Waals surface area contributed by atoms with E-state index in [2.05, 4.69) is 26.5 Å². The van der Waals surface area contributed by atoms with E-state index in [0.717, 1.165) is 33.6 Å². The van der Waals surface area contributed by atoms with Gasteiger partial charge < -0.3 is 4.57 Å². The molecular formula is C23H23BrN4O3. The third-order valence-corrected chi connectivity index (χ3v) is 5.58. The van der Waals surface area contributed by atoms with Gasteiger partial charge in [0.1, 0.15) is 5.69 Å². The molecular weight excluding hydrogens is 460 g/mol. The van der Waals surface area contributed by atoms with Crippen molar-refractivity contribution in [1.82, 2.24) is 9.99 Å². The normalized spacial score (nSPS) is 11.1. The number of carbonyl (C=O) groups excluding carboxylic acids is 1. The fraction of sp³-hybridized carbons (Fsp3) is 0.217. The maximum absolute atomic E-state index is 12.3. The van der Waals surface area contributed by atoms with Crippen molar-refractivity contribution in [2.45, 2.75) is 34.1 Å². The molecule has 0 unspecified atom stereocenters. The molecule has 0 spiro atoms. The van der Waals surface area contributed by atoms with Crippen LogP contribution in [0.25, 0.3) is 5.69 Å². The number of nitro groups is 1. The van der Waals surface area contributed by atoms with Crippen molar-refractivity contribution in [3.8, 4) is 5.69 Å². The predicted octanol–water partition coefficient (Wildman–Crippen LogP) is 5.07. The number of amides is 1. The molecule has 1 N–H and O–H groups in total. The van der Waals surface area contributed by atoms with Crippen LogP contribution in [0.3, 0.4) is 0 Å². The Morgan fingerprint density at radius 1 is 1.16 bits per heavy atom. The Kier molecular flexibility index (Phi) is 6.70. The number of halogens is 1. The summed E-state index contributed by atoms with van der Waals surface area (Å²) in [4.78, 5) is 23.4. The molecule has 0 aliphatic carbocycles. The maximum Gasteiger partial charge on any atom is 0.294 e. The van der Waals surface area contributed by atoms with Crippen LogP contribution in [-0.4, -0.2) is 21.6 Å². The summed E-state index contributed by atoms with van der Waals surface area (Å²) in [6.07, 6.45) is 1.80. The molecule has 0 fully saturated rings. The number of hydrogen-bond acceptors (Lipinski definition) is 4. The van der Waals surface area contributed by atoms with Gasteiger partial charge in [-0.25, -0.2) is 5.43 Å². The Morgan fingerprint density at radius 3 is 2.58 bits per heavy atom. The van der Waals surface area contributed by atoms with E-state index in [-0.39, 0.29) is 18.0 Å². The van der Waals surface area contributed by atoms with E-state index in [1.165, 1.54) is 6.07 Å².